The Morgan fingerprint density at radius 2 is 1.81 bits per heavy atom. The summed E-state index contributed by atoms with van der Waals surface area (Å²) in [7, 11) is 0. The van der Waals surface area contributed by atoms with E-state index < -0.39 is 11.1 Å². The van der Waals surface area contributed by atoms with Crippen molar-refractivity contribution in [3.8, 4) is 5.75 Å². The Hall–Kier alpha value is -3.58. The SMILES string of the molecule is CCCCOc1ccc2ccccc2c1/C=C1\SC(=O)N(CC(=O)N2CCc3ccccc3C2)C1=O. The van der Waals surface area contributed by atoms with E-state index in [2.05, 4.69) is 13.0 Å². The Bertz CT molecular complexity index is 1370. The normalized spacial score (nSPS) is 16.6. The number of amides is 3. The largest absolute Gasteiger partial charge is 0.493 e. The minimum Gasteiger partial charge on any atom is -0.493 e. The molecule has 3 amide bonds. The van der Waals surface area contributed by atoms with Gasteiger partial charge in [-0.3, -0.25) is 19.3 Å². The number of thioether (sulfide) groups is 1. The fraction of sp³-hybridized carbons (Fsp3) is 0.276. The molecule has 36 heavy (non-hydrogen) atoms. The van der Waals surface area contributed by atoms with Crippen LogP contribution in [0.4, 0.5) is 4.79 Å². The predicted molar refractivity (Wildman–Crippen MR) is 143 cm³/mol. The Labute approximate surface area is 214 Å². The smallest absolute Gasteiger partial charge is 0.294 e. The van der Waals surface area contributed by atoms with Gasteiger partial charge in [0.1, 0.15) is 12.3 Å². The highest BCUT2D eigenvalue weighted by Gasteiger charge is 2.37. The lowest BCUT2D eigenvalue weighted by molar-refractivity contribution is -0.136. The third-order valence-electron chi connectivity index (χ3n) is 6.61. The zero-order chi connectivity index (χ0) is 25.1. The lowest BCUT2D eigenvalue weighted by atomic mass is 10.00. The maximum atomic E-state index is 13.2. The van der Waals surface area contributed by atoms with E-state index in [1.807, 2.05) is 54.6 Å². The van der Waals surface area contributed by atoms with E-state index in [-0.39, 0.29) is 12.5 Å². The first-order chi connectivity index (χ1) is 17.5. The molecule has 0 N–H and O–H groups in total. The average molecular weight is 501 g/mol. The molecular formula is C29H28N2O4S. The number of fused-ring (bicyclic) bond motifs is 2. The summed E-state index contributed by atoms with van der Waals surface area (Å²) in [5, 5.41) is 1.54. The molecule has 2 aliphatic heterocycles. The molecule has 3 aromatic rings. The molecule has 1 fully saturated rings. The minimum absolute atomic E-state index is 0.221. The Kier molecular flexibility index (Phi) is 7.09. The first-order valence-electron chi connectivity index (χ1n) is 12.3. The molecule has 0 aromatic heterocycles. The summed E-state index contributed by atoms with van der Waals surface area (Å²) < 4.78 is 6.03. The maximum absolute atomic E-state index is 13.2. The molecule has 0 unspecified atom stereocenters. The number of hydrogen-bond acceptors (Lipinski definition) is 5. The number of carbonyl (C=O) groups excluding carboxylic acids is 3. The van der Waals surface area contributed by atoms with Crippen LogP contribution in [0.5, 0.6) is 5.75 Å². The van der Waals surface area contributed by atoms with Crippen molar-refractivity contribution in [1.29, 1.82) is 0 Å². The Morgan fingerprint density at radius 1 is 1.03 bits per heavy atom. The summed E-state index contributed by atoms with van der Waals surface area (Å²) in [5.41, 5.74) is 3.12. The topological polar surface area (TPSA) is 66.9 Å². The van der Waals surface area contributed by atoms with Gasteiger partial charge in [0.2, 0.25) is 5.91 Å². The van der Waals surface area contributed by atoms with Gasteiger partial charge in [0.15, 0.2) is 0 Å². The summed E-state index contributed by atoms with van der Waals surface area (Å²) in [6.45, 7) is 3.50. The fourth-order valence-electron chi connectivity index (χ4n) is 4.59. The standard InChI is InChI=1S/C29H28N2O4S/c1-2-3-16-35-25-13-12-21-9-6-7-11-23(21)24(25)17-26-28(33)31(29(34)36-26)19-27(32)30-15-14-20-8-4-5-10-22(20)18-30/h4-13,17H,2-3,14-16,18-19H2,1H3/b26-17-. The molecule has 6 nitrogen and oxygen atoms in total. The van der Waals surface area contributed by atoms with Crippen molar-refractivity contribution in [3.05, 3.63) is 82.3 Å². The molecule has 0 spiro atoms. The van der Waals surface area contributed by atoms with Crippen molar-refractivity contribution < 1.29 is 19.1 Å². The van der Waals surface area contributed by atoms with Crippen LogP contribution < -0.4 is 4.74 Å². The number of unbranched alkanes of at least 4 members (excludes halogenated alkanes) is 1. The van der Waals surface area contributed by atoms with Crippen LogP contribution in [0.1, 0.15) is 36.5 Å². The van der Waals surface area contributed by atoms with Crippen LogP contribution in [0.2, 0.25) is 0 Å². The van der Waals surface area contributed by atoms with Gasteiger partial charge >= 0.3 is 0 Å². The molecule has 7 heteroatoms. The first kappa shape index (κ1) is 24.1. The summed E-state index contributed by atoms with van der Waals surface area (Å²) in [6.07, 6.45) is 4.44. The molecule has 0 atom stereocenters. The molecule has 0 aliphatic carbocycles. The van der Waals surface area contributed by atoms with Crippen LogP contribution in [0.15, 0.2) is 65.6 Å². The Morgan fingerprint density at radius 3 is 2.64 bits per heavy atom. The fourth-order valence-corrected chi connectivity index (χ4v) is 5.41. The van der Waals surface area contributed by atoms with Gasteiger partial charge in [-0.25, -0.2) is 0 Å². The second-order valence-corrected chi connectivity index (χ2v) is 10.00. The third-order valence-corrected chi connectivity index (χ3v) is 7.52. The third kappa shape index (κ3) is 4.88. The summed E-state index contributed by atoms with van der Waals surface area (Å²) in [5.74, 6) is 0.0158. The van der Waals surface area contributed by atoms with Crippen molar-refractivity contribution in [2.24, 2.45) is 0 Å². The number of imide groups is 1. The molecule has 184 valence electrons. The van der Waals surface area contributed by atoms with Gasteiger partial charge in [0, 0.05) is 18.7 Å². The first-order valence-corrected chi connectivity index (χ1v) is 13.1. The van der Waals surface area contributed by atoms with Crippen molar-refractivity contribution in [2.45, 2.75) is 32.7 Å². The van der Waals surface area contributed by atoms with Crippen molar-refractivity contribution >= 4 is 45.7 Å². The van der Waals surface area contributed by atoms with Crippen molar-refractivity contribution in [2.75, 3.05) is 19.7 Å². The van der Waals surface area contributed by atoms with Crippen molar-refractivity contribution in [1.82, 2.24) is 9.80 Å². The number of nitrogens with zero attached hydrogens (tertiary/aromatic N) is 2. The van der Waals surface area contributed by atoms with Crippen LogP contribution in [0.25, 0.3) is 16.8 Å². The van der Waals surface area contributed by atoms with Gasteiger partial charge in [-0.15, -0.1) is 0 Å². The summed E-state index contributed by atoms with van der Waals surface area (Å²) in [6, 6.07) is 19.8. The molecule has 1 saturated heterocycles. The van der Waals surface area contributed by atoms with E-state index in [4.69, 9.17) is 4.74 Å². The van der Waals surface area contributed by atoms with E-state index in [0.29, 0.717) is 30.4 Å². The number of rotatable bonds is 7. The van der Waals surface area contributed by atoms with Gasteiger partial charge < -0.3 is 9.64 Å². The number of hydrogen-bond donors (Lipinski definition) is 0. The second kappa shape index (κ2) is 10.6. The van der Waals surface area contributed by atoms with Gasteiger partial charge in [-0.05, 0) is 58.6 Å². The lowest BCUT2D eigenvalue weighted by Crippen LogP contribution is -2.44. The highest BCUT2D eigenvalue weighted by molar-refractivity contribution is 8.18. The monoisotopic (exact) mass is 500 g/mol. The molecular weight excluding hydrogens is 472 g/mol. The molecule has 2 heterocycles. The molecule has 5 rings (SSSR count). The van der Waals surface area contributed by atoms with Gasteiger partial charge in [0.25, 0.3) is 11.1 Å². The van der Waals surface area contributed by atoms with Gasteiger partial charge in [-0.1, -0.05) is 67.9 Å². The van der Waals surface area contributed by atoms with E-state index in [1.54, 1.807) is 11.0 Å². The van der Waals surface area contributed by atoms with E-state index in [9.17, 15) is 14.4 Å². The van der Waals surface area contributed by atoms with Crippen LogP contribution in [-0.4, -0.2) is 46.5 Å². The average Bonchev–Trinajstić information content (AvgIpc) is 3.16. The highest BCUT2D eigenvalue weighted by Crippen LogP contribution is 2.37. The quantitative estimate of drug-likeness (QED) is 0.310. The lowest BCUT2D eigenvalue weighted by Gasteiger charge is -2.29. The van der Waals surface area contributed by atoms with Gasteiger partial charge in [-0.2, -0.15) is 0 Å². The van der Waals surface area contributed by atoms with E-state index in [0.717, 1.165) is 57.8 Å². The summed E-state index contributed by atoms with van der Waals surface area (Å²) >= 11 is 0.872. The van der Waals surface area contributed by atoms with Gasteiger partial charge in [0.05, 0.1) is 11.5 Å². The highest BCUT2D eigenvalue weighted by atomic mass is 32.2. The van der Waals surface area contributed by atoms with Crippen LogP contribution in [0.3, 0.4) is 0 Å². The molecule has 0 bridgehead atoms. The predicted octanol–water partition coefficient (Wildman–Crippen LogP) is 5.64. The van der Waals surface area contributed by atoms with Crippen LogP contribution >= 0.6 is 11.8 Å². The number of benzene rings is 3. The molecule has 2 aliphatic rings. The maximum Gasteiger partial charge on any atom is 0.294 e. The Balaban J connectivity index is 1.37. The molecule has 0 radical (unpaired) electrons. The number of carbonyl (C=O) groups is 3. The van der Waals surface area contributed by atoms with Crippen LogP contribution in [-0.2, 0) is 22.6 Å². The van der Waals surface area contributed by atoms with Crippen LogP contribution in [0, 0.1) is 0 Å². The number of ether oxygens (including phenoxy) is 1. The zero-order valence-electron chi connectivity index (χ0n) is 20.2. The van der Waals surface area contributed by atoms with E-state index in [1.165, 1.54) is 5.56 Å². The molecule has 0 saturated carbocycles. The second-order valence-electron chi connectivity index (χ2n) is 9.00. The molecule has 3 aromatic carbocycles. The summed E-state index contributed by atoms with van der Waals surface area (Å²) in [4.78, 5) is 42.1. The zero-order valence-corrected chi connectivity index (χ0v) is 21.1. The minimum atomic E-state index is -0.441. The van der Waals surface area contributed by atoms with Crippen molar-refractivity contribution in [3.63, 3.8) is 0 Å². The van der Waals surface area contributed by atoms with E-state index >= 15 is 0 Å².